The van der Waals surface area contributed by atoms with Crippen molar-refractivity contribution in [3.05, 3.63) is 23.8 Å². The van der Waals surface area contributed by atoms with Crippen LogP contribution in [-0.2, 0) is 4.79 Å². The minimum absolute atomic E-state index is 0.0484. The Balaban J connectivity index is 2.20. The summed E-state index contributed by atoms with van der Waals surface area (Å²) in [5.74, 6) is 1.64. The molecule has 0 spiro atoms. The molecule has 1 saturated heterocycles. The molecule has 1 aromatic rings. The Morgan fingerprint density at radius 1 is 1.30 bits per heavy atom. The van der Waals surface area contributed by atoms with Crippen LogP contribution in [0.25, 0.3) is 0 Å². The molecule has 6 nitrogen and oxygen atoms in total. The molecule has 1 aliphatic rings. The topological polar surface area (TPSA) is 72.3 Å². The molecular weight excluding hydrogens is 278 g/mol. The molecule has 0 atom stereocenters. The maximum Gasteiger partial charge on any atom is 0.236 e. The number of hydrogen-bond donors (Lipinski definition) is 1. The fraction of sp³-hybridized carbons (Fsp3) is 0.308. The predicted octanol–water partition coefficient (Wildman–Crippen LogP) is 1.65. The summed E-state index contributed by atoms with van der Waals surface area (Å²) in [6, 6.07) is 5.52. The molecule has 0 bridgehead atoms. The summed E-state index contributed by atoms with van der Waals surface area (Å²) in [7, 11) is 3.17. The van der Waals surface area contributed by atoms with Crippen LogP contribution in [-0.4, -0.2) is 36.8 Å². The Morgan fingerprint density at radius 3 is 2.65 bits per heavy atom. The Labute approximate surface area is 121 Å². The van der Waals surface area contributed by atoms with Gasteiger partial charge in [0.15, 0.2) is 16.7 Å². The number of benzene rings is 1. The van der Waals surface area contributed by atoms with Gasteiger partial charge in [-0.05, 0) is 25.1 Å². The Morgan fingerprint density at radius 2 is 2.05 bits per heavy atom. The normalized spacial score (nSPS) is 17.2. The summed E-state index contributed by atoms with van der Waals surface area (Å²) in [5.41, 5.74) is 1.60. The zero-order valence-electron chi connectivity index (χ0n) is 11.5. The quantitative estimate of drug-likeness (QED) is 0.676. The highest BCUT2D eigenvalue weighted by molar-refractivity contribution is 8.15. The van der Waals surface area contributed by atoms with E-state index in [9.17, 15) is 4.79 Å². The third kappa shape index (κ3) is 3.30. The van der Waals surface area contributed by atoms with E-state index in [0.29, 0.717) is 22.4 Å². The van der Waals surface area contributed by atoms with Crippen LogP contribution in [0.4, 0.5) is 0 Å². The van der Waals surface area contributed by atoms with Crippen LogP contribution in [0.2, 0.25) is 0 Å². The first-order chi connectivity index (χ1) is 9.63. The fourth-order valence-corrected chi connectivity index (χ4v) is 2.24. The van der Waals surface area contributed by atoms with Gasteiger partial charge in [-0.15, -0.1) is 5.10 Å². The van der Waals surface area contributed by atoms with Gasteiger partial charge in [0.05, 0.1) is 25.7 Å². The zero-order chi connectivity index (χ0) is 14.5. The summed E-state index contributed by atoms with van der Waals surface area (Å²) in [6.45, 7) is 1.84. The van der Waals surface area contributed by atoms with Gasteiger partial charge in [-0.3, -0.25) is 4.79 Å². The molecule has 0 radical (unpaired) electrons. The van der Waals surface area contributed by atoms with Gasteiger partial charge < -0.3 is 14.8 Å². The molecule has 0 saturated carbocycles. The van der Waals surface area contributed by atoms with Crippen LogP contribution in [0.15, 0.2) is 28.4 Å². The smallest absolute Gasteiger partial charge is 0.236 e. The van der Waals surface area contributed by atoms with Crippen LogP contribution in [0.3, 0.4) is 0 Å². The molecule has 1 fully saturated rings. The van der Waals surface area contributed by atoms with E-state index < -0.39 is 0 Å². The third-order valence-electron chi connectivity index (χ3n) is 2.68. The number of ether oxygens (including phenoxy) is 2. The second-order valence-corrected chi connectivity index (χ2v) is 4.96. The molecule has 0 aliphatic carbocycles. The minimum Gasteiger partial charge on any atom is -0.493 e. The Kier molecular flexibility index (Phi) is 4.62. The van der Waals surface area contributed by atoms with E-state index in [1.807, 2.05) is 25.1 Å². The molecule has 7 heteroatoms. The Bertz CT molecular complexity index is 584. The van der Waals surface area contributed by atoms with Gasteiger partial charge in [-0.2, -0.15) is 5.10 Å². The first kappa shape index (κ1) is 14.4. The highest BCUT2D eigenvalue weighted by Gasteiger charge is 2.16. The lowest BCUT2D eigenvalue weighted by Gasteiger charge is -2.08. The van der Waals surface area contributed by atoms with Gasteiger partial charge in [0.25, 0.3) is 0 Å². The summed E-state index contributed by atoms with van der Waals surface area (Å²) in [5, 5.41) is 11.3. The number of rotatable bonds is 4. The number of amides is 1. The highest BCUT2D eigenvalue weighted by Crippen LogP contribution is 2.27. The van der Waals surface area contributed by atoms with Gasteiger partial charge in [-0.1, -0.05) is 11.8 Å². The lowest BCUT2D eigenvalue weighted by atomic mass is 10.1. The van der Waals surface area contributed by atoms with Crippen molar-refractivity contribution in [3.63, 3.8) is 0 Å². The molecular formula is C13H15N3O3S. The summed E-state index contributed by atoms with van der Waals surface area (Å²) in [4.78, 5) is 11.0. The average molecular weight is 293 g/mol. The van der Waals surface area contributed by atoms with Gasteiger partial charge in [-0.25, -0.2) is 0 Å². The molecule has 2 rings (SSSR count). The highest BCUT2D eigenvalue weighted by atomic mass is 32.2. The molecule has 0 aromatic heterocycles. The standard InChI is InChI=1S/C13H15N3O3S/c1-8(15-16-13-14-12(17)7-20-13)9-4-5-10(18-2)11(6-9)19-3/h4-6H,7H2,1-3H3,(H,14,16,17). The second-order valence-electron chi connectivity index (χ2n) is 4.00. The summed E-state index contributed by atoms with van der Waals surface area (Å²) in [6.07, 6.45) is 0. The van der Waals surface area contributed by atoms with E-state index in [2.05, 4.69) is 15.5 Å². The van der Waals surface area contributed by atoms with Crippen molar-refractivity contribution < 1.29 is 14.3 Å². The molecule has 1 N–H and O–H groups in total. The molecule has 20 heavy (non-hydrogen) atoms. The van der Waals surface area contributed by atoms with Crippen LogP contribution in [0.1, 0.15) is 12.5 Å². The average Bonchev–Trinajstić information content (AvgIpc) is 2.89. The van der Waals surface area contributed by atoms with E-state index in [1.54, 1.807) is 14.2 Å². The number of carbonyl (C=O) groups is 1. The van der Waals surface area contributed by atoms with Crippen molar-refractivity contribution in [1.82, 2.24) is 5.32 Å². The monoisotopic (exact) mass is 293 g/mol. The molecule has 1 aliphatic heterocycles. The second kappa shape index (κ2) is 6.42. The van der Waals surface area contributed by atoms with Crippen molar-refractivity contribution in [2.24, 2.45) is 10.2 Å². The number of nitrogens with one attached hydrogen (secondary N) is 1. The fourth-order valence-electron chi connectivity index (χ4n) is 1.62. The summed E-state index contributed by atoms with van der Waals surface area (Å²) >= 11 is 1.34. The lowest BCUT2D eigenvalue weighted by Crippen LogP contribution is -2.19. The van der Waals surface area contributed by atoms with Crippen molar-refractivity contribution in [2.75, 3.05) is 20.0 Å². The predicted molar refractivity (Wildman–Crippen MR) is 79.8 cm³/mol. The molecule has 1 aromatic carbocycles. The number of nitrogens with zero attached hydrogens (tertiary/aromatic N) is 2. The maximum absolute atomic E-state index is 11.0. The van der Waals surface area contributed by atoms with E-state index in [-0.39, 0.29) is 5.91 Å². The number of hydrogen-bond acceptors (Lipinski definition) is 6. The SMILES string of the molecule is COc1ccc(C(C)=N/N=C2\NC(=O)CS2)cc1OC. The Hall–Kier alpha value is -2.02. The molecule has 1 heterocycles. The number of thioether (sulfide) groups is 1. The van der Waals surface area contributed by atoms with E-state index in [1.165, 1.54) is 11.8 Å². The van der Waals surface area contributed by atoms with Gasteiger partial charge in [0.1, 0.15) is 0 Å². The number of methoxy groups -OCH3 is 2. The first-order valence-electron chi connectivity index (χ1n) is 5.91. The lowest BCUT2D eigenvalue weighted by molar-refractivity contribution is -0.116. The largest absolute Gasteiger partial charge is 0.493 e. The third-order valence-corrected chi connectivity index (χ3v) is 3.54. The number of amidine groups is 1. The zero-order valence-corrected chi connectivity index (χ0v) is 12.3. The van der Waals surface area contributed by atoms with Crippen molar-refractivity contribution in [3.8, 4) is 11.5 Å². The van der Waals surface area contributed by atoms with Crippen LogP contribution >= 0.6 is 11.8 Å². The molecule has 0 unspecified atom stereocenters. The van der Waals surface area contributed by atoms with Crippen molar-refractivity contribution >= 4 is 28.5 Å². The molecule has 106 valence electrons. The van der Waals surface area contributed by atoms with Gasteiger partial charge in [0, 0.05) is 5.56 Å². The van der Waals surface area contributed by atoms with Crippen LogP contribution in [0.5, 0.6) is 11.5 Å². The van der Waals surface area contributed by atoms with Crippen LogP contribution < -0.4 is 14.8 Å². The first-order valence-corrected chi connectivity index (χ1v) is 6.90. The van der Waals surface area contributed by atoms with Crippen LogP contribution in [0, 0.1) is 0 Å². The number of carbonyl (C=O) groups excluding carboxylic acids is 1. The molecule has 1 amide bonds. The van der Waals surface area contributed by atoms with Crippen molar-refractivity contribution in [2.45, 2.75) is 6.92 Å². The van der Waals surface area contributed by atoms with Gasteiger partial charge in [0.2, 0.25) is 5.91 Å². The van der Waals surface area contributed by atoms with Gasteiger partial charge >= 0.3 is 0 Å². The summed E-state index contributed by atoms with van der Waals surface area (Å²) < 4.78 is 10.4. The minimum atomic E-state index is -0.0484. The maximum atomic E-state index is 11.0. The van der Waals surface area contributed by atoms with E-state index in [4.69, 9.17) is 9.47 Å². The van der Waals surface area contributed by atoms with E-state index in [0.717, 1.165) is 11.3 Å². The van der Waals surface area contributed by atoms with Crippen molar-refractivity contribution in [1.29, 1.82) is 0 Å². The van der Waals surface area contributed by atoms with E-state index >= 15 is 0 Å².